The van der Waals surface area contributed by atoms with Crippen LogP contribution in [0.25, 0.3) is 6.08 Å². The summed E-state index contributed by atoms with van der Waals surface area (Å²) < 4.78 is 29.5. The summed E-state index contributed by atoms with van der Waals surface area (Å²) in [5.41, 5.74) is 0.969. The van der Waals surface area contributed by atoms with Crippen molar-refractivity contribution in [1.82, 2.24) is 0 Å². The van der Waals surface area contributed by atoms with E-state index < -0.39 is 36.4 Å². The fourth-order valence-corrected chi connectivity index (χ4v) is 17.5. The fourth-order valence-electron chi connectivity index (χ4n) is 2.82. The van der Waals surface area contributed by atoms with Crippen LogP contribution in [0.1, 0.15) is 12.0 Å². The van der Waals surface area contributed by atoms with Crippen LogP contribution in [0.3, 0.4) is 0 Å². The first-order chi connectivity index (χ1) is 12.4. The largest absolute Gasteiger partial charge is 0.463 e. The Morgan fingerprint density at radius 3 is 2.31 bits per heavy atom. The van der Waals surface area contributed by atoms with E-state index in [0.717, 1.165) is 11.6 Å². The van der Waals surface area contributed by atoms with Gasteiger partial charge in [0.2, 0.25) is 0 Å². The Labute approximate surface area is 161 Å². The van der Waals surface area contributed by atoms with E-state index in [1.165, 1.54) is 6.08 Å². The molecular weight excluding hydrogens is 401 g/mol. The van der Waals surface area contributed by atoms with Crippen LogP contribution in [0.2, 0.25) is 32.2 Å². The molecule has 1 aliphatic rings. The highest BCUT2D eigenvalue weighted by Crippen LogP contribution is 2.21. The van der Waals surface area contributed by atoms with Gasteiger partial charge in [0.15, 0.2) is 0 Å². The third kappa shape index (κ3) is 7.80. The Kier molecular flexibility index (Phi) is 8.63. The summed E-state index contributed by atoms with van der Waals surface area (Å²) >= 11 is 0. The lowest BCUT2D eigenvalue weighted by molar-refractivity contribution is -0.137. The molecule has 0 spiro atoms. The molecule has 2 atom stereocenters. The first-order valence-corrected chi connectivity index (χ1v) is 17.7. The van der Waals surface area contributed by atoms with E-state index >= 15 is 0 Å². The normalized spacial score (nSPS) is 29.9. The van der Waals surface area contributed by atoms with Crippen molar-refractivity contribution in [3.63, 3.8) is 0 Å². The van der Waals surface area contributed by atoms with Crippen molar-refractivity contribution in [2.24, 2.45) is 0 Å². The van der Waals surface area contributed by atoms with E-state index in [9.17, 15) is 4.79 Å². The van der Waals surface area contributed by atoms with E-state index in [-0.39, 0.29) is 5.97 Å². The predicted octanol–water partition coefficient (Wildman–Crippen LogP) is 2.34. The fraction of sp³-hybridized carbons (Fsp3) is 0.438. The van der Waals surface area contributed by atoms with Gasteiger partial charge in [-0.2, -0.15) is 0 Å². The summed E-state index contributed by atoms with van der Waals surface area (Å²) in [5, 5.41) is 0. The molecule has 144 valence electrons. The van der Waals surface area contributed by atoms with E-state index in [4.69, 9.17) is 21.2 Å². The van der Waals surface area contributed by atoms with Gasteiger partial charge in [-0.05, 0) is 50.3 Å². The van der Waals surface area contributed by atoms with Crippen molar-refractivity contribution in [2.45, 2.75) is 38.7 Å². The molecule has 0 radical (unpaired) electrons. The summed E-state index contributed by atoms with van der Waals surface area (Å²) in [6.45, 7) is 8.47. The molecule has 1 heterocycles. The zero-order chi connectivity index (χ0) is 19.0. The van der Waals surface area contributed by atoms with Gasteiger partial charge >= 0.3 is 14.5 Å². The minimum absolute atomic E-state index is 0.336. The van der Waals surface area contributed by atoms with Crippen molar-refractivity contribution in [3.05, 3.63) is 42.0 Å². The third-order valence-electron chi connectivity index (χ3n) is 3.83. The molecule has 0 aliphatic carbocycles. The van der Waals surface area contributed by atoms with E-state index in [2.05, 4.69) is 6.55 Å². The van der Waals surface area contributed by atoms with Gasteiger partial charge in [-0.15, -0.1) is 0 Å². The minimum Gasteiger partial charge on any atom is -0.463 e. The zero-order valence-electron chi connectivity index (χ0n) is 15.8. The molecule has 1 aliphatic heterocycles. The summed E-state index contributed by atoms with van der Waals surface area (Å²) in [7, 11) is -7.37. The molecule has 0 bridgehead atoms. The molecule has 1 saturated heterocycles. The first-order valence-electron chi connectivity index (χ1n) is 8.93. The maximum Gasteiger partial charge on any atom is 0.330 e. The monoisotopic (exact) mass is 428 g/mol. The summed E-state index contributed by atoms with van der Waals surface area (Å²) in [5.74, 6) is -0.336. The number of hydrogen-bond acceptors (Lipinski definition) is 6. The molecule has 0 amide bonds. The quantitative estimate of drug-likeness (QED) is 0.300. The van der Waals surface area contributed by atoms with E-state index in [0.29, 0.717) is 13.0 Å². The summed E-state index contributed by atoms with van der Waals surface area (Å²) in [4.78, 5) is 11.8. The van der Waals surface area contributed by atoms with Gasteiger partial charge in [0.25, 0.3) is 27.9 Å². The Bertz CT molecular complexity index is 586. The standard InChI is InChI=1S/C16H28O6Si4/c1-23-19-24(2)21-26(4,22-25(3)20-23)14-8-13-18-16(17)12-11-15-9-6-5-7-10-15/h5-7,9-12,23-25H,8,13-14H2,1-4H3. The van der Waals surface area contributed by atoms with Gasteiger partial charge < -0.3 is 21.2 Å². The Morgan fingerprint density at radius 1 is 1.08 bits per heavy atom. The lowest BCUT2D eigenvalue weighted by Crippen LogP contribution is -2.53. The number of carbonyl (C=O) groups is 1. The smallest absolute Gasteiger partial charge is 0.330 e. The number of carbonyl (C=O) groups excluding carboxylic acids is 1. The van der Waals surface area contributed by atoms with E-state index in [1.807, 2.05) is 50.0 Å². The zero-order valence-corrected chi connectivity index (χ0v) is 20.3. The second-order valence-electron chi connectivity index (χ2n) is 6.36. The highest BCUT2D eigenvalue weighted by Gasteiger charge is 2.38. The molecule has 26 heavy (non-hydrogen) atoms. The number of ether oxygens (including phenoxy) is 1. The Balaban J connectivity index is 1.75. The minimum atomic E-state index is -2.33. The van der Waals surface area contributed by atoms with Gasteiger partial charge in [-0.3, -0.25) is 0 Å². The molecule has 2 rings (SSSR count). The molecule has 0 N–H and O–H groups in total. The molecule has 1 aromatic carbocycles. The van der Waals surface area contributed by atoms with Gasteiger partial charge in [-0.1, -0.05) is 30.3 Å². The molecular formula is C16H28O6Si4. The van der Waals surface area contributed by atoms with Crippen molar-refractivity contribution in [1.29, 1.82) is 0 Å². The van der Waals surface area contributed by atoms with Crippen LogP contribution in [0, 0.1) is 0 Å². The lowest BCUT2D eigenvalue weighted by atomic mass is 10.2. The molecule has 0 aromatic heterocycles. The van der Waals surface area contributed by atoms with Crippen LogP contribution in [-0.2, 0) is 26.0 Å². The molecule has 0 saturated carbocycles. The van der Waals surface area contributed by atoms with Crippen molar-refractivity contribution in [2.75, 3.05) is 6.61 Å². The number of benzene rings is 1. The van der Waals surface area contributed by atoms with E-state index in [1.54, 1.807) is 6.08 Å². The second kappa shape index (κ2) is 10.5. The van der Waals surface area contributed by atoms with Crippen LogP contribution in [0.15, 0.2) is 36.4 Å². The number of hydrogen-bond donors (Lipinski definition) is 0. The third-order valence-corrected chi connectivity index (χ3v) is 17.9. The van der Waals surface area contributed by atoms with Gasteiger partial charge in [0.1, 0.15) is 0 Å². The van der Waals surface area contributed by atoms with Gasteiger partial charge in [0.05, 0.1) is 6.61 Å². The van der Waals surface area contributed by atoms with Gasteiger partial charge in [0, 0.05) is 6.08 Å². The van der Waals surface area contributed by atoms with Gasteiger partial charge in [-0.25, -0.2) is 4.79 Å². The van der Waals surface area contributed by atoms with Crippen molar-refractivity contribution >= 4 is 48.5 Å². The maximum atomic E-state index is 11.8. The van der Waals surface area contributed by atoms with Crippen LogP contribution in [0.5, 0.6) is 0 Å². The Hall–Kier alpha value is -0.862. The number of rotatable bonds is 6. The molecule has 2 unspecified atom stereocenters. The Morgan fingerprint density at radius 2 is 1.69 bits per heavy atom. The number of esters is 1. The molecule has 6 nitrogen and oxygen atoms in total. The molecule has 1 aromatic rings. The lowest BCUT2D eigenvalue weighted by Gasteiger charge is -2.37. The highest BCUT2D eigenvalue weighted by atomic mass is 28.5. The average Bonchev–Trinajstić information content (AvgIpc) is 2.56. The second-order valence-corrected chi connectivity index (χ2v) is 16.6. The summed E-state index contributed by atoms with van der Waals surface area (Å²) in [6, 6.07) is 10.4. The molecule has 10 heteroatoms. The SMILES string of the molecule is C[SiH]1O[SiH](C)O[Si](C)(CCCOC(=O)C=Cc2ccccc2)O[SiH](C)O1. The predicted molar refractivity (Wildman–Crippen MR) is 111 cm³/mol. The van der Waals surface area contributed by atoms with Crippen LogP contribution < -0.4 is 0 Å². The highest BCUT2D eigenvalue weighted by molar-refractivity contribution is 6.81. The van der Waals surface area contributed by atoms with Crippen molar-refractivity contribution in [3.8, 4) is 0 Å². The average molecular weight is 429 g/mol. The van der Waals surface area contributed by atoms with Crippen molar-refractivity contribution < 1.29 is 26.0 Å². The first kappa shape index (κ1) is 21.4. The van der Waals surface area contributed by atoms with Crippen LogP contribution in [0.4, 0.5) is 0 Å². The van der Waals surface area contributed by atoms with Crippen LogP contribution in [-0.4, -0.2) is 49.0 Å². The molecule has 1 fully saturated rings. The maximum absolute atomic E-state index is 11.8. The summed E-state index contributed by atoms with van der Waals surface area (Å²) in [6.07, 6.45) is 3.91. The topological polar surface area (TPSA) is 63.2 Å². The van der Waals surface area contributed by atoms with Crippen LogP contribution >= 0.6 is 0 Å².